The lowest BCUT2D eigenvalue weighted by Gasteiger charge is -2.18. The fourth-order valence-electron chi connectivity index (χ4n) is 3.15. The number of methoxy groups -OCH3 is 1. The molecule has 0 radical (unpaired) electrons. The third-order valence-electron chi connectivity index (χ3n) is 4.85. The molecule has 2 aromatic carbocycles. The van der Waals surface area contributed by atoms with E-state index in [2.05, 4.69) is 4.98 Å². The number of anilines is 1. The second kappa shape index (κ2) is 9.36. The van der Waals surface area contributed by atoms with E-state index < -0.39 is 0 Å². The fraction of sp³-hybridized carbons (Fsp3) is 0.174. The Kier molecular flexibility index (Phi) is 6.39. The van der Waals surface area contributed by atoms with Gasteiger partial charge in [-0.1, -0.05) is 42.1 Å². The van der Waals surface area contributed by atoms with Crippen LogP contribution in [0.15, 0.2) is 76.0 Å². The van der Waals surface area contributed by atoms with Crippen molar-refractivity contribution >= 4 is 44.9 Å². The van der Waals surface area contributed by atoms with Crippen LogP contribution in [-0.2, 0) is 11.3 Å². The van der Waals surface area contributed by atoms with E-state index in [1.807, 2.05) is 66.0 Å². The van der Waals surface area contributed by atoms with Gasteiger partial charge in [0, 0.05) is 12.7 Å². The maximum Gasteiger partial charge on any atom is 0.272 e. The molecule has 0 bridgehead atoms. The quantitative estimate of drug-likeness (QED) is 0.310. The number of hydrogen-bond acceptors (Lipinski definition) is 6. The first-order valence-corrected chi connectivity index (χ1v) is 11.5. The molecule has 31 heavy (non-hydrogen) atoms. The van der Waals surface area contributed by atoms with Gasteiger partial charge < -0.3 is 9.64 Å². The molecule has 2 heterocycles. The van der Waals surface area contributed by atoms with Crippen LogP contribution < -0.4 is 15.2 Å². The van der Waals surface area contributed by atoms with Gasteiger partial charge >= 0.3 is 0 Å². The number of amides is 1. The lowest BCUT2D eigenvalue weighted by molar-refractivity contribution is -0.115. The standard InChI is InChI=1S/C23H21N3O3S2/c1-25(17-8-4-3-5-9-17)20(27)15-31-23-24-19-11-12-30-21(19)22(28)26(23)14-16-7-6-10-18(13-16)29-2/h3-13H,14-15H2,1-2H3. The molecule has 4 rings (SSSR count). The SMILES string of the molecule is COc1cccc(Cn2c(SCC(=O)N(C)c3ccccc3)nc3ccsc3c2=O)c1. The number of thiophene rings is 1. The summed E-state index contributed by atoms with van der Waals surface area (Å²) in [4.78, 5) is 32.2. The van der Waals surface area contributed by atoms with E-state index in [0.29, 0.717) is 21.9 Å². The monoisotopic (exact) mass is 451 g/mol. The molecule has 2 aromatic heterocycles. The minimum atomic E-state index is -0.103. The summed E-state index contributed by atoms with van der Waals surface area (Å²) in [5.41, 5.74) is 2.30. The molecule has 0 aliphatic heterocycles. The Bertz CT molecular complexity index is 1270. The average Bonchev–Trinajstić information content (AvgIpc) is 3.28. The maximum atomic E-state index is 13.2. The van der Waals surface area contributed by atoms with Crippen LogP contribution in [0.4, 0.5) is 5.69 Å². The van der Waals surface area contributed by atoms with E-state index in [0.717, 1.165) is 17.0 Å². The van der Waals surface area contributed by atoms with Gasteiger partial charge in [0.1, 0.15) is 10.4 Å². The normalized spacial score (nSPS) is 10.9. The summed E-state index contributed by atoms with van der Waals surface area (Å²) in [5, 5.41) is 2.38. The lowest BCUT2D eigenvalue weighted by atomic mass is 10.2. The minimum Gasteiger partial charge on any atom is -0.497 e. The van der Waals surface area contributed by atoms with Crippen molar-refractivity contribution in [3.63, 3.8) is 0 Å². The van der Waals surface area contributed by atoms with Crippen LogP contribution >= 0.6 is 23.1 Å². The molecule has 0 N–H and O–H groups in total. The second-order valence-corrected chi connectivity index (χ2v) is 8.71. The van der Waals surface area contributed by atoms with E-state index in [9.17, 15) is 9.59 Å². The third-order valence-corrected chi connectivity index (χ3v) is 6.70. The molecule has 4 aromatic rings. The molecule has 0 saturated carbocycles. The molecule has 0 atom stereocenters. The van der Waals surface area contributed by atoms with Crippen molar-refractivity contribution in [2.24, 2.45) is 0 Å². The molecule has 1 amide bonds. The van der Waals surface area contributed by atoms with Crippen LogP contribution in [0.1, 0.15) is 5.56 Å². The molecule has 8 heteroatoms. The smallest absolute Gasteiger partial charge is 0.272 e. The Balaban J connectivity index is 1.62. The Morgan fingerprint density at radius 3 is 2.74 bits per heavy atom. The summed E-state index contributed by atoms with van der Waals surface area (Å²) in [6, 6.07) is 18.9. The van der Waals surface area contributed by atoms with E-state index >= 15 is 0 Å². The number of carbonyl (C=O) groups is 1. The topological polar surface area (TPSA) is 64.4 Å². The highest BCUT2D eigenvalue weighted by Crippen LogP contribution is 2.23. The zero-order valence-corrected chi connectivity index (χ0v) is 18.8. The first kappa shape index (κ1) is 21.1. The van der Waals surface area contributed by atoms with Crippen LogP contribution in [0.3, 0.4) is 0 Å². The predicted molar refractivity (Wildman–Crippen MR) is 127 cm³/mol. The van der Waals surface area contributed by atoms with Crippen LogP contribution in [0.25, 0.3) is 10.2 Å². The average molecular weight is 452 g/mol. The number of aromatic nitrogens is 2. The zero-order chi connectivity index (χ0) is 21.8. The third kappa shape index (κ3) is 4.65. The Hall–Kier alpha value is -3.10. The number of hydrogen-bond donors (Lipinski definition) is 0. The van der Waals surface area contributed by atoms with Crippen molar-refractivity contribution in [2.75, 3.05) is 24.8 Å². The maximum absolute atomic E-state index is 13.2. The summed E-state index contributed by atoms with van der Waals surface area (Å²) < 4.78 is 7.55. The van der Waals surface area contributed by atoms with Gasteiger partial charge in [0.15, 0.2) is 5.16 Å². The number of carbonyl (C=O) groups excluding carboxylic acids is 1. The van der Waals surface area contributed by atoms with Crippen molar-refractivity contribution in [2.45, 2.75) is 11.7 Å². The van der Waals surface area contributed by atoms with E-state index in [4.69, 9.17) is 4.74 Å². The number of ether oxygens (including phenoxy) is 1. The van der Waals surface area contributed by atoms with Gasteiger partial charge in [-0.05, 0) is 41.3 Å². The van der Waals surface area contributed by atoms with E-state index in [1.165, 1.54) is 23.1 Å². The lowest BCUT2D eigenvalue weighted by Crippen LogP contribution is -2.29. The van der Waals surface area contributed by atoms with Gasteiger partial charge in [-0.15, -0.1) is 11.3 Å². The van der Waals surface area contributed by atoms with Gasteiger partial charge in [-0.25, -0.2) is 4.98 Å². The number of para-hydroxylation sites is 1. The molecule has 0 unspecified atom stereocenters. The number of rotatable bonds is 7. The highest BCUT2D eigenvalue weighted by atomic mass is 32.2. The number of fused-ring (bicyclic) bond motifs is 1. The van der Waals surface area contributed by atoms with Crippen LogP contribution in [0, 0.1) is 0 Å². The highest BCUT2D eigenvalue weighted by molar-refractivity contribution is 7.99. The second-order valence-electron chi connectivity index (χ2n) is 6.85. The Morgan fingerprint density at radius 2 is 1.97 bits per heavy atom. The highest BCUT2D eigenvalue weighted by Gasteiger charge is 2.17. The number of nitrogens with zero attached hydrogens (tertiary/aromatic N) is 3. The molecular formula is C23H21N3O3S2. The van der Waals surface area contributed by atoms with Crippen molar-refractivity contribution in [1.29, 1.82) is 0 Å². The predicted octanol–water partition coefficient (Wildman–Crippen LogP) is 4.27. The molecule has 158 valence electrons. The molecule has 6 nitrogen and oxygen atoms in total. The molecular weight excluding hydrogens is 430 g/mol. The van der Waals surface area contributed by atoms with Gasteiger partial charge in [-0.3, -0.25) is 14.2 Å². The first-order chi connectivity index (χ1) is 15.1. The molecule has 0 spiro atoms. The van der Waals surface area contributed by atoms with Crippen LogP contribution in [0.5, 0.6) is 5.75 Å². The number of thioether (sulfide) groups is 1. The minimum absolute atomic E-state index is 0.0659. The van der Waals surface area contributed by atoms with Crippen LogP contribution in [-0.4, -0.2) is 35.4 Å². The largest absolute Gasteiger partial charge is 0.497 e. The summed E-state index contributed by atoms with van der Waals surface area (Å²) >= 11 is 2.65. The molecule has 0 fully saturated rings. The molecule has 0 saturated heterocycles. The van der Waals surface area contributed by atoms with Crippen molar-refractivity contribution < 1.29 is 9.53 Å². The van der Waals surface area contributed by atoms with E-state index in [-0.39, 0.29) is 17.2 Å². The summed E-state index contributed by atoms with van der Waals surface area (Å²) in [6.45, 7) is 0.349. The summed E-state index contributed by atoms with van der Waals surface area (Å²) in [5.74, 6) is 0.833. The van der Waals surface area contributed by atoms with Crippen molar-refractivity contribution in [3.8, 4) is 5.75 Å². The first-order valence-electron chi connectivity index (χ1n) is 9.62. The van der Waals surface area contributed by atoms with Gasteiger partial charge in [0.2, 0.25) is 5.91 Å². The molecule has 0 aliphatic rings. The Morgan fingerprint density at radius 1 is 1.16 bits per heavy atom. The summed E-state index contributed by atoms with van der Waals surface area (Å²) in [6.07, 6.45) is 0. The Labute approximate surface area is 188 Å². The fourth-order valence-corrected chi connectivity index (χ4v) is 4.84. The van der Waals surface area contributed by atoms with Crippen molar-refractivity contribution in [1.82, 2.24) is 9.55 Å². The van der Waals surface area contributed by atoms with Crippen LogP contribution in [0.2, 0.25) is 0 Å². The zero-order valence-electron chi connectivity index (χ0n) is 17.1. The summed E-state index contributed by atoms with van der Waals surface area (Å²) in [7, 11) is 3.36. The van der Waals surface area contributed by atoms with Crippen molar-refractivity contribution in [3.05, 3.63) is 82.0 Å². The molecule has 0 aliphatic carbocycles. The van der Waals surface area contributed by atoms with Gasteiger partial charge in [-0.2, -0.15) is 0 Å². The van der Waals surface area contributed by atoms with Gasteiger partial charge in [0.05, 0.1) is 24.9 Å². The van der Waals surface area contributed by atoms with E-state index in [1.54, 1.807) is 23.6 Å². The van der Waals surface area contributed by atoms with Gasteiger partial charge in [0.25, 0.3) is 5.56 Å². The number of benzene rings is 2.